The zero-order valence-corrected chi connectivity index (χ0v) is 16.9. The van der Waals surface area contributed by atoms with Gasteiger partial charge in [-0.05, 0) is 61.9 Å². The zero-order chi connectivity index (χ0) is 21.0. The minimum atomic E-state index is -3.71. The Labute approximate surface area is 169 Å². The quantitative estimate of drug-likeness (QED) is 0.530. The maximum atomic E-state index is 12.5. The Morgan fingerprint density at radius 1 is 1.14 bits per heavy atom. The van der Waals surface area contributed by atoms with Crippen molar-refractivity contribution in [2.75, 3.05) is 11.9 Å². The first-order valence-electron chi connectivity index (χ1n) is 9.43. The highest BCUT2D eigenvalue weighted by molar-refractivity contribution is 7.89. The third-order valence-corrected chi connectivity index (χ3v) is 6.51. The number of carbonyl (C=O) groups is 1. The summed E-state index contributed by atoms with van der Waals surface area (Å²) < 4.78 is 27.5. The molecule has 0 unspecified atom stereocenters. The molecule has 1 amide bonds. The van der Waals surface area contributed by atoms with Crippen LogP contribution in [0.15, 0.2) is 41.3 Å². The van der Waals surface area contributed by atoms with Crippen LogP contribution in [0.3, 0.4) is 0 Å². The molecule has 0 aromatic heterocycles. The molecule has 29 heavy (non-hydrogen) atoms. The molecule has 2 N–H and O–H groups in total. The largest absolute Gasteiger partial charge is 0.326 e. The molecule has 1 aliphatic carbocycles. The van der Waals surface area contributed by atoms with Crippen molar-refractivity contribution in [2.24, 2.45) is 0 Å². The lowest BCUT2D eigenvalue weighted by Gasteiger charge is -2.16. The molecule has 0 heterocycles. The number of amides is 1. The molecule has 154 valence electrons. The molecule has 8 nitrogen and oxygen atoms in total. The van der Waals surface area contributed by atoms with Crippen molar-refractivity contribution in [3.8, 4) is 0 Å². The van der Waals surface area contributed by atoms with Crippen LogP contribution < -0.4 is 10.0 Å². The second-order valence-corrected chi connectivity index (χ2v) is 8.81. The van der Waals surface area contributed by atoms with Crippen LogP contribution in [-0.4, -0.2) is 25.8 Å². The molecule has 1 aliphatic rings. The van der Waals surface area contributed by atoms with Crippen LogP contribution in [0.1, 0.15) is 36.0 Å². The molecule has 0 saturated carbocycles. The minimum Gasteiger partial charge on any atom is -0.326 e. The molecule has 0 atom stereocenters. The molecule has 2 aromatic carbocycles. The summed E-state index contributed by atoms with van der Waals surface area (Å²) in [6, 6.07) is 9.58. The number of nitro benzene ring substituents is 1. The number of carbonyl (C=O) groups excluding carboxylic acids is 1. The molecular formula is C20H23N3O5S. The van der Waals surface area contributed by atoms with E-state index in [9.17, 15) is 23.3 Å². The molecule has 2 aromatic rings. The van der Waals surface area contributed by atoms with Gasteiger partial charge in [-0.15, -0.1) is 0 Å². The Morgan fingerprint density at radius 3 is 2.59 bits per heavy atom. The first-order valence-corrected chi connectivity index (χ1v) is 10.9. The number of anilines is 1. The van der Waals surface area contributed by atoms with Gasteiger partial charge in [-0.2, -0.15) is 0 Å². The minimum absolute atomic E-state index is 0.0702. The Morgan fingerprint density at radius 2 is 1.86 bits per heavy atom. The smallest absolute Gasteiger partial charge is 0.274 e. The van der Waals surface area contributed by atoms with Gasteiger partial charge in [0.05, 0.1) is 21.1 Å². The van der Waals surface area contributed by atoms with Gasteiger partial charge in [0.2, 0.25) is 15.9 Å². The maximum Gasteiger partial charge on any atom is 0.274 e. The van der Waals surface area contributed by atoms with E-state index in [1.807, 2.05) is 6.07 Å². The van der Waals surface area contributed by atoms with E-state index in [2.05, 4.69) is 10.0 Å². The molecule has 3 rings (SSSR count). The predicted molar refractivity (Wildman–Crippen MR) is 109 cm³/mol. The average molecular weight is 417 g/mol. The van der Waals surface area contributed by atoms with Crippen LogP contribution in [0, 0.1) is 17.0 Å². The summed E-state index contributed by atoms with van der Waals surface area (Å²) in [5, 5.41) is 13.6. The Balaban J connectivity index is 1.59. The molecular weight excluding hydrogens is 394 g/mol. The van der Waals surface area contributed by atoms with E-state index in [0.717, 1.165) is 31.2 Å². The lowest BCUT2D eigenvalue weighted by atomic mass is 9.92. The standard InChI is InChI=1S/C20H23N3O5S/c1-14-18(7-4-8-19(14)23(25)26)22-20(24)11-12-21-29(27,28)17-10-9-15-5-2-3-6-16(15)13-17/h4,7-10,13,21H,2-3,5-6,11-12H2,1H3,(H,22,24). The first kappa shape index (κ1) is 20.9. The van der Waals surface area contributed by atoms with Crippen LogP contribution in [0.2, 0.25) is 0 Å². The van der Waals surface area contributed by atoms with Crippen molar-refractivity contribution in [3.05, 3.63) is 63.2 Å². The van der Waals surface area contributed by atoms with Crippen LogP contribution in [0.5, 0.6) is 0 Å². The molecule has 0 radical (unpaired) electrons. The highest BCUT2D eigenvalue weighted by atomic mass is 32.2. The predicted octanol–water partition coefficient (Wildman–Crippen LogP) is 3.09. The normalized spacial score (nSPS) is 13.6. The summed E-state index contributed by atoms with van der Waals surface area (Å²) in [5.74, 6) is -0.429. The summed E-state index contributed by atoms with van der Waals surface area (Å²) in [4.78, 5) is 22.8. The summed E-state index contributed by atoms with van der Waals surface area (Å²) >= 11 is 0. The van der Waals surface area contributed by atoms with Crippen LogP contribution in [0.4, 0.5) is 11.4 Å². The van der Waals surface area contributed by atoms with E-state index in [-0.39, 0.29) is 23.5 Å². The highest BCUT2D eigenvalue weighted by Crippen LogP contribution is 2.25. The van der Waals surface area contributed by atoms with Gasteiger partial charge < -0.3 is 5.32 Å². The number of aryl methyl sites for hydroxylation is 2. The average Bonchev–Trinajstić information content (AvgIpc) is 2.68. The summed E-state index contributed by atoms with van der Waals surface area (Å²) in [6.45, 7) is 1.48. The van der Waals surface area contributed by atoms with E-state index in [4.69, 9.17) is 0 Å². The summed E-state index contributed by atoms with van der Waals surface area (Å²) in [6.07, 6.45) is 3.94. The third kappa shape index (κ3) is 4.99. The molecule has 0 fully saturated rings. The molecule has 9 heteroatoms. The fourth-order valence-electron chi connectivity index (χ4n) is 3.43. The lowest BCUT2D eigenvalue weighted by Crippen LogP contribution is -2.28. The Bertz CT molecular complexity index is 1050. The third-order valence-electron chi connectivity index (χ3n) is 5.05. The number of nitrogens with one attached hydrogen (secondary N) is 2. The van der Waals surface area contributed by atoms with Gasteiger partial charge >= 0.3 is 0 Å². The van der Waals surface area contributed by atoms with Crippen LogP contribution in [-0.2, 0) is 27.7 Å². The van der Waals surface area contributed by atoms with E-state index in [0.29, 0.717) is 11.3 Å². The van der Waals surface area contributed by atoms with Crippen molar-refractivity contribution >= 4 is 27.3 Å². The highest BCUT2D eigenvalue weighted by Gasteiger charge is 2.19. The van der Waals surface area contributed by atoms with Crippen LogP contribution >= 0.6 is 0 Å². The number of hydrogen-bond donors (Lipinski definition) is 2. The second-order valence-electron chi connectivity index (χ2n) is 7.04. The van der Waals surface area contributed by atoms with Gasteiger partial charge in [-0.3, -0.25) is 14.9 Å². The molecule has 0 aliphatic heterocycles. The Kier molecular flexibility index (Phi) is 6.29. The number of hydrogen-bond acceptors (Lipinski definition) is 5. The van der Waals surface area contributed by atoms with Crippen molar-refractivity contribution in [3.63, 3.8) is 0 Å². The Hall–Kier alpha value is -2.78. The first-order chi connectivity index (χ1) is 13.8. The van der Waals surface area contributed by atoms with Crippen molar-refractivity contribution in [2.45, 2.75) is 43.9 Å². The number of nitro groups is 1. The van der Waals surface area contributed by atoms with Crippen molar-refractivity contribution < 1.29 is 18.1 Å². The SMILES string of the molecule is Cc1c(NC(=O)CCNS(=O)(=O)c2ccc3c(c2)CCCC3)cccc1[N+](=O)[O-]. The fraction of sp³-hybridized carbons (Fsp3) is 0.350. The number of sulfonamides is 1. The van der Waals surface area contributed by atoms with E-state index in [1.165, 1.54) is 17.7 Å². The van der Waals surface area contributed by atoms with Crippen LogP contribution in [0.25, 0.3) is 0 Å². The van der Waals surface area contributed by atoms with Gasteiger partial charge in [-0.25, -0.2) is 13.1 Å². The second kappa shape index (κ2) is 8.71. The lowest BCUT2D eigenvalue weighted by molar-refractivity contribution is -0.385. The number of benzene rings is 2. The van der Waals surface area contributed by atoms with E-state index < -0.39 is 20.9 Å². The van der Waals surface area contributed by atoms with Gasteiger partial charge in [0, 0.05) is 19.0 Å². The number of nitrogens with zero attached hydrogens (tertiary/aromatic N) is 1. The number of rotatable bonds is 7. The maximum absolute atomic E-state index is 12.5. The van der Waals surface area contributed by atoms with Crippen molar-refractivity contribution in [1.82, 2.24) is 4.72 Å². The molecule has 0 spiro atoms. The summed E-state index contributed by atoms with van der Waals surface area (Å²) in [5.41, 5.74) is 2.86. The van der Waals surface area contributed by atoms with E-state index >= 15 is 0 Å². The fourth-order valence-corrected chi connectivity index (χ4v) is 4.51. The topological polar surface area (TPSA) is 118 Å². The summed E-state index contributed by atoms with van der Waals surface area (Å²) in [7, 11) is -3.71. The van der Waals surface area contributed by atoms with Gasteiger partial charge in [0.1, 0.15) is 0 Å². The van der Waals surface area contributed by atoms with Crippen molar-refractivity contribution in [1.29, 1.82) is 0 Å². The van der Waals surface area contributed by atoms with Gasteiger partial charge in [0.25, 0.3) is 5.69 Å². The zero-order valence-electron chi connectivity index (χ0n) is 16.1. The van der Waals surface area contributed by atoms with Gasteiger partial charge in [-0.1, -0.05) is 12.1 Å². The monoisotopic (exact) mass is 417 g/mol. The molecule has 0 saturated heterocycles. The number of fused-ring (bicyclic) bond motifs is 1. The van der Waals surface area contributed by atoms with Gasteiger partial charge in [0.15, 0.2) is 0 Å². The molecule has 0 bridgehead atoms. The van der Waals surface area contributed by atoms with E-state index in [1.54, 1.807) is 25.1 Å².